The van der Waals surface area contributed by atoms with Crippen LogP contribution in [-0.2, 0) is 17.6 Å². The maximum Gasteiger partial charge on any atom is 0.256 e. The number of aliphatic hydroxyl groups is 1. The van der Waals surface area contributed by atoms with Crippen molar-refractivity contribution in [3.8, 4) is 5.69 Å². The molecule has 1 amide bonds. The molecule has 3 unspecified atom stereocenters. The molecule has 0 radical (unpaired) electrons. The number of nitrogens with zero attached hydrogens (tertiary/aromatic N) is 2. The van der Waals surface area contributed by atoms with Crippen molar-refractivity contribution in [2.24, 2.45) is 17.1 Å². The molecule has 2 fully saturated rings. The number of amides is 1. The van der Waals surface area contributed by atoms with Gasteiger partial charge in [-0.2, -0.15) is 5.10 Å². The third-order valence-electron chi connectivity index (χ3n) is 8.68. The molecule has 37 heavy (non-hydrogen) atoms. The molecule has 8 heteroatoms. The number of fused-ring (bicyclic) bond motifs is 2. The van der Waals surface area contributed by atoms with Crippen LogP contribution in [0, 0.1) is 23.0 Å². The largest absolute Gasteiger partial charge is 0.389 e. The summed E-state index contributed by atoms with van der Waals surface area (Å²) in [6, 6.07) is 10.4. The number of benzene rings is 2. The number of hydrogen-bond donors (Lipinski definition) is 2. The second kappa shape index (κ2) is 8.58. The Labute approximate surface area is 212 Å². The van der Waals surface area contributed by atoms with Gasteiger partial charge in [-0.25, -0.2) is 17.9 Å². The van der Waals surface area contributed by atoms with Gasteiger partial charge in [0.25, 0.3) is 5.91 Å². The zero-order valence-corrected chi connectivity index (χ0v) is 20.3. The molecule has 3 N–H and O–H groups in total. The number of carbonyl (C=O) groups excluding carboxylic acids is 1. The zero-order chi connectivity index (χ0) is 25.9. The monoisotopic (exact) mass is 507 g/mol. The van der Waals surface area contributed by atoms with E-state index in [1.807, 2.05) is 6.20 Å². The first-order valence-electron chi connectivity index (χ1n) is 12.7. The summed E-state index contributed by atoms with van der Waals surface area (Å²) in [5, 5.41) is 16.8. The van der Waals surface area contributed by atoms with Crippen LogP contribution in [0.1, 0.15) is 60.7 Å². The van der Waals surface area contributed by atoms with Crippen molar-refractivity contribution >= 4 is 12.0 Å². The smallest absolute Gasteiger partial charge is 0.256 e. The lowest BCUT2D eigenvalue weighted by Gasteiger charge is -2.46. The van der Waals surface area contributed by atoms with E-state index in [1.165, 1.54) is 23.8 Å². The quantitative estimate of drug-likeness (QED) is 0.465. The molecule has 0 saturated heterocycles. The maximum absolute atomic E-state index is 14.6. The van der Waals surface area contributed by atoms with Crippen molar-refractivity contribution in [1.29, 1.82) is 0 Å². The van der Waals surface area contributed by atoms with E-state index in [9.17, 15) is 23.1 Å². The van der Waals surface area contributed by atoms with Gasteiger partial charge in [-0.05, 0) is 98.4 Å². The number of halogens is 3. The highest BCUT2D eigenvalue weighted by atomic mass is 19.1. The molecule has 3 atom stereocenters. The number of carbonyl (C=O) groups is 1. The van der Waals surface area contributed by atoms with E-state index in [4.69, 9.17) is 5.73 Å². The Bertz CT molecular complexity index is 1410. The average Bonchev–Trinajstić information content (AvgIpc) is 3.60. The van der Waals surface area contributed by atoms with E-state index in [-0.39, 0.29) is 17.8 Å². The topological polar surface area (TPSA) is 81.1 Å². The van der Waals surface area contributed by atoms with Gasteiger partial charge in [0.1, 0.15) is 11.6 Å². The standard InChI is InChI=1S/C29H28F3N3O2/c30-21-6-8-22(9-7-21)35-24-14-20-11-13-28(37,29(20,19-4-5-19)15-18(24)16-34-35)12-10-17-2-1-3-23(31)25(17)26(32)27(33)36/h1-3,6-9,14,16,19,26,37H,4-5,10-13,15H2,(H2,33,36). The number of primary amides is 1. The van der Waals surface area contributed by atoms with Gasteiger partial charge in [-0.1, -0.05) is 17.7 Å². The average molecular weight is 508 g/mol. The Morgan fingerprint density at radius 3 is 2.65 bits per heavy atom. The first kappa shape index (κ1) is 24.0. The number of nitrogens with two attached hydrogens (primary N) is 1. The van der Waals surface area contributed by atoms with Crippen molar-refractivity contribution in [1.82, 2.24) is 9.78 Å². The van der Waals surface area contributed by atoms with Crippen molar-refractivity contribution in [3.05, 3.63) is 88.3 Å². The highest BCUT2D eigenvalue weighted by Gasteiger charge is 2.63. The summed E-state index contributed by atoms with van der Waals surface area (Å²) in [6.45, 7) is 0. The second-order valence-corrected chi connectivity index (χ2v) is 10.6. The maximum atomic E-state index is 14.6. The van der Waals surface area contributed by atoms with Crippen molar-refractivity contribution in [2.75, 3.05) is 0 Å². The number of hydrogen-bond acceptors (Lipinski definition) is 3. The Kier molecular flexibility index (Phi) is 5.56. The normalized spacial score (nSPS) is 25.4. The van der Waals surface area contributed by atoms with E-state index in [0.29, 0.717) is 37.2 Å². The first-order chi connectivity index (χ1) is 17.7. The van der Waals surface area contributed by atoms with Gasteiger partial charge in [-0.15, -0.1) is 0 Å². The van der Waals surface area contributed by atoms with Crippen molar-refractivity contribution in [3.63, 3.8) is 0 Å². The Morgan fingerprint density at radius 2 is 1.95 bits per heavy atom. The van der Waals surface area contributed by atoms with E-state index in [1.54, 1.807) is 22.9 Å². The van der Waals surface area contributed by atoms with Crippen LogP contribution in [0.5, 0.6) is 0 Å². The Balaban J connectivity index is 1.34. The fraction of sp³-hybridized carbons (Fsp3) is 0.379. The molecule has 3 aliphatic carbocycles. The molecule has 2 aromatic carbocycles. The molecule has 0 aliphatic heterocycles. The van der Waals surface area contributed by atoms with Gasteiger partial charge in [0, 0.05) is 11.0 Å². The predicted molar refractivity (Wildman–Crippen MR) is 132 cm³/mol. The summed E-state index contributed by atoms with van der Waals surface area (Å²) >= 11 is 0. The fourth-order valence-electron chi connectivity index (χ4n) is 6.78. The molecule has 192 valence electrons. The van der Waals surface area contributed by atoms with Gasteiger partial charge in [0.2, 0.25) is 6.17 Å². The molecule has 3 aromatic rings. The first-order valence-corrected chi connectivity index (χ1v) is 12.7. The van der Waals surface area contributed by atoms with Crippen LogP contribution in [0.15, 0.2) is 54.2 Å². The lowest BCUT2D eigenvalue weighted by Crippen LogP contribution is -2.49. The van der Waals surface area contributed by atoms with E-state index in [2.05, 4.69) is 11.2 Å². The number of aryl methyl sites for hydroxylation is 1. The van der Waals surface area contributed by atoms with Crippen LogP contribution in [0.4, 0.5) is 13.2 Å². The Hall–Kier alpha value is -3.39. The highest BCUT2D eigenvalue weighted by molar-refractivity contribution is 5.80. The van der Waals surface area contributed by atoms with Gasteiger partial charge in [0.05, 0.1) is 23.2 Å². The fourth-order valence-corrected chi connectivity index (χ4v) is 6.78. The summed E-state index contributed by atoms with van der Waals surface area (Å²) in [7, 11) is 0. The van der Waals surface area contributed by atoms with Crippen LogP contribution >= 0.6 is 0 Å². The second-order valence-electron chi connectivity index (χ2n) is 10.6. The number of rotatable bonds is 7. The number of aromatic nitrogens is 2. The zero-order valence-electron chi connectivity index (χ0n) is 20.3. The van der Waals surface area contributed by atoms with E-state index < -0.39 is 28.9 Å². The van der Waals surface area contributed by atoms with E-state index in [0.717, 1.165) is 35.9 Å². The molecule has 0 bridgehead atoms. The van der Waals surface area contributed by atoms with Crippen molar-refractivity contribution < 1.29 is 23.1 Å². The molecule has 1 aromatic heterocycles. The van der Waals surface area contributed by atoms with Gasteiger partial charge in [-0.3, -0.25) is 4.79 Å². The SMILES string of the molecule is NC(=O)C(F)c1c(F)cccc1CCC1(O)CCC2=Cc3c(cnn3-c3ccc(F)cc3)CC21C1CC1. The minimum atomic E-state index is -2.24. The summed E-state index contributed by atoms with van der Waals surface area (Å²) < 4.78 is 44.4. The van der Waals surface area contributed by atoms with E-state index >= 15 is 0 Å². The molecule has 0 spiro atoms. The summed E-state index contributed by atoms with van der Waals surface area (Å²) in [5.74, 6) is -2.04. The molecule has 5 nitrogen and oxygen atoms in total. The lowest BCUT2D eigenvalue weighted by molar-refractivity contribution is -0.123. The Morgan fingerprint density at radius 1 is 1.19 bits per heavy atom. The van der Waals surface area contributed by atoms with Crippen LogP contribution in [0.3, 0.4) is 0 Å². The molecular weight excluding hydrogens is 479 g/mol. The number of alkyl halides is 1. The molecule has 2 saturated carbocycles. The summed E-state index contributed by atoms with van der Waals surface area (Å²) in [5.41, 5.74) is 7.51. The van der Waals surface area contributed by atoms with Gasteiger partial charge < -0.3 is 10.8 Å². The minimum Gasteiger partial charge on any atom is -0.389 e. The van der Waals surface area contributed by atoms with Gasteiger partial charge >= 0.3 is 0 Å². The molecule has 1 heterocycles. The minimum absolute atomic E-state index is 0.223. The van der Waals surface area contributed by atoms with Crippen molar-refractivity contribution in [2.45, 2.75) is 56.7 Å². The molecular formula is C29H28F3N3O2. The van der Waals surface area contributed by atoms with Gasteiger partial charge in [0.15, 0.2) is 0 Å². The highest BCUT2D eigenvalue weighted by Crippen LogP contribution is 2.66. The van der Waals surface area contributed by atoms with Crippen LogP contribution in [0.25, 0.3) is 11.8 Å². The van der Waals surface area contributed by atoms with Crippen LogP contribution in [-0.4, -0.2) is 26.4 Å². The molecule has 6 rings (SSSR count). The third kappa shape index (κ3) is 3.72. The van der Waals surface area contributed by atoms with Crippen LogP contribution in [0.2, 0.25) is 0 Å². The lowest BCUT2D eigenvalue weighted by atomic mass is 9.61. The molecule has 3 aliphatic rings. The van der Waals surface area contributed by atoms with Crippen LogP contribution < -0.4 is 5.73 Å². The third-order valence-corrected chi connectivity index (χ3v) is 8.68. The predicted octanol–water partition coefficient (Wildman–Crippen LogP) is 5.14. The summed E-state index contributed by atoms with van der Waals surface area (Å²) in [4.78, 5) is 11.5. The summed E-state index contributed by atoms with van der Waals surface area (Å²) in [6.07, 6.45) is 6.15.